The highest BCUT2D eigenvalue weighted by atomic mass is 16.3. The van der Waals surface area contributed by atoms with Crippen molar-refractivity contribution < 1.29 is 29.1 Å². The van der Waals surface area contributed by atoms with Crippen LogP contribution in [-0.2, 0) is 14.4 Å². The number of benzene rings is 1. The lowest BCUT2D eigenvalue weighted by molar-refractivity contribution is -0.136. The molecule has 1 aromatic carbocycles. The monoisotopic (exact) mass is 458 g/mol. The van der Waals surface area contributed by atoms with Gasteiger partial charge in [-0.3, -0.25) is 34.2 Å². The third-order valence-corrected chi connectivity index (χ3v) is 5.85. The van der Waals surface area contributed by atoms with Crippen LogP contribution >= 0.6 is 0 Å². The van der Waals surface area contributed by atoms with Crippen LogP contribution in [0.15, 0.2) is 18.2 Å². The van der Waals surface area contributed by atoms with Gasteiger partial charge in [0.2, 0.25) is 17.7 Å². The van der Waals surface area contributed by atoms with Crippen LogP contribution in [0.1, 0.15) is 72.1 Å². The number of amides is 5. The van der Waals surface area contributed by atoms with Crippen LogP contribution in [0.3, 0.4) is 0 Å². The summed E-state index contributed by atoms with van der Waals surface area (Å²) in [6.07, 6.45) is 6.08. The van der Waals surface area contributed by atoms with E-state index in [4.69, 9.17) is 5.11 Å². The summed E-state index contributed by atoms with van der Waals surface area (Å²) in [6.45, 7) is 0.734. The van der Waals surface area contributed by atoms with Gasteiger partial charge in [-0.15, -0.1) is 0 Å². The molecule has 0 aromatic heterocycles. The topological polar surface area (TPSA) is 145 Å². The number of imide groups is 2. The van der Waals surface area contributed by atoms with Gasteiger partial charge >= 0.3 is 0 Å². The van der Waals surface area contributed by atoms with Crippen molar-refractivity contribution in [1.29, 1.82) is 0 Å². The highest BCUT2D eigenvalue weighted by Gasteiger charge is 2.45. The second kappa shape index (κ2) is 11.6. The first-order chi connectivity index (χ1) is 15.9. The molecule has 1 saturated heterocycles. The van der Waals surface area contributed by atoms with Crippen LogP contribution in [0.5, 0.6) is 0 Å². The highest BCUT2D eigenvalue weighted by molar-refractivity contribution is 6.25. The van der Waals surface area contributed by atoms with Crippen LogP contribution in [0, 0.1) is 0 Å². The number of fused-ring (bicyclic) bond motifs is 1. The maximum Gasteiger partial charge on any atom is 0.264 e. The maximum absolute atomic E-state index is 13.0. The van der Waals surface area contributed by atoms with E-state index in [-0.39, 0.29) is 29.9 Å². The van der Waals surface area contributed by atoms with E-state index in [1.165, 1.54) is 0 Å². The zero-order valence-electron chi connectivity index (χ0n) is 18.5. The maximum atomic E-state index is 13.0. The second-order valence-electron chi connectivity index (χ2n) is 8.23. The average molecular weight is 459 g/mol. The predicted octanol–water partition coefficient (Wildman–Crippen LogP) is 0.949. The number of carbonyl (C=O) groups is 5. The minimum Gasteiger partial charge on any atom is -0.387 e. The van der Waals surface area contributed by atoms with E-state index in [2.05, 4.69) is 16.0 Å². The minimum atomic E-state index is -0.972. The minimum absolute atomic E-state index is 0.0895. The number of carbonyl (C=O) groups excluding carboxylic acids is 5. The van der Waals surface area contributed by atoms with Crippen molar-refractivity contribution in [3.05, 3.63) is 29.3 Å². The number of nitrogens with zero attached hydrogens (tertiary/aromatic N) is 1. The zero-order valence-corrected chi connectivity index (χ0v) is 18.5. The third-order valence-electron chi connectivity index (χ3n) is 5.85. The Morgan fingerprint density at radius 1 is 1.00 bits per heavy atom. The Bertz CT molecular complexity index is 932. The Kier molecular flexibility index (Phi) is 8.53. The molecule has 0 spiro atoms. The number of aliphatic hydroxyl groups is 1. The molecule has 33 heavy (non-hydrogen) atoms. The molecule has 3 rings (SSSR count). The SMILES string of the molecule is O=C(CO)NCCCCCCCCNc1cccc2c1C(=O)N(C1CCC(=O)NC1=O)C2=O. The Morgan fingerprint density at radius 2 is 1.70 bits per heavy atom. The Morgan fingerprint density at radius 3 is 2.39 bits per heavy atom. The summed E-state index contributed by atoms with van der Waals surface area (Å²) in [7, 11) is 0. The lowest BCUT2D eigenvalue weighted by Crippen LogP contribution is -2.54. The van der Waals surface area contributed by atoms with Gasteiger partial charge in [0.15, 0.2) is 0 Å². The van der Waals surface area contributed by atoms with Crippen molar-refractivity contribution >= 4 is 35.2 Å². The van der Waals surface area contributed by atoms with Crippen molar-refractivity contribution in [3.63, 3.8) is 0 Å². The summed E-state index contributed by atoms with van der Waals surface area (Å²) in [5, 5.41) is 16.7. The van der Waals surface area contributed by atoms with Crippen LogP contribution < -0.4 is 16.0 Å². The number of anilines is 1. The molecule has 1 aromatic rings. The summed E-state index contributed by atoms with van der Waals surface area (Å²) < 4.78 is 0. The summed E-state index contributed by atoms with van der Waals surface area (Å²) in [5.41, 5.74) is 1.11. The van der Waals surface area contributed by atoms with Gasteiger partial charge in [-0.05, 0) is 31.4 Å². The standard InChI is InChI=1S/C23H30N4O6/c28-14-19(30)25-13-6-4-2-1-3-5-12-24-16-9-7-8-15-20(16)23(33)27(22(15)32)17-10-11-18(29)26-21(17)31/h7-9,17,24,28H,1-6,10-14H2,(H,25,30)(H,26,29,31). The quantitative estimate of drug-likeness (QED) is 0.269. The average Bonchev–Trinajstić information content (AvgIpc) is 3.05. The molecule has 178 valence electrons. The normalized spacial score (nSPS) is 17.7. The predicted molar refractivity (Wildman–Crippen MR) is 119 cm³/mol. The molecule has 5 amide bonds. The molecule has 1 unspecified atom stereocenters. The summed E-state index contributed by atoms with van der Waals surface area (Å²) in [6, 6.07) is 4.06. The first kappa shape index (κ1) is 24.4. The van der Waals surface area contributed by atoms with Gasteiger partial charge in [0, 0.05) is 25.2 Å². The lowest BCUT2D eigenvalue weighted by Gasteiger charge is -2.27. The summed E-state index contributed by atoms with van der Waals surface area (Å²) >= 11 is 0. The third kappa shape index (κ3) is 5.95. The molecule has 0 radical (unpaired) electrons. The van der Waals surface area contributed by atoms with Gasteiger partial charge in [0.25, 0.3) is 11.8 Å². The molecule has 2 heterocycles. The number of unbranched alkanes of at least 4 members (excludes halogenated alkanes) is 5. The molecule has 4 N–H and O–H groups in total. The molecular formula is C23H30N4O6. The van der Waals surface area contributed by atoms with E-state index < -0.39 is 36.3 Å². The van der Waals surface area contributed by atoms with E-state index in [9.17, 15) is 24.0 Å². The van der Waals surface area contributed by atoms with Crippen LogP contribution in [0.2, 0.25) is 0 Å². The molecule has 0 bridgehead atoms. The molecule has 0 aliphatic carbocycles. The number of hydrogen-bond acceptors (Lipinski definition) is 7. The van der Waals surface area contributed by atoms with E-state index in [0.717, 1.165) is 43.4 Å². The molecular weight excluding hydrogens is 428 g/mol. The van der Waals surface area contributed by atoms with Crippen molar-refractivity contribution in [3.8, 4) is 0 Å². The van der Waals surface area contributed by atoms with Crippen LogP contribution in [0.4, 0.5) is 5.69 Å². The summed E-state index contributed by atoms with van der Waals surface area (Å²) in [5.74, 6) is -2.40. The molecule has 1 fully saturated rings. The Balaban J connectivity index is 1.45. The molecule has 10 heteroatoms. The van der Waals surface area contributed by atoms with E-state index in [1.807, 2.05) is 0 Å². The molecule has 0 saturated carbocycles. The van der Waals surface area contributed by atoms with Crippen LogP contribution in [0.25, 0.3) is 0 Å². The summed E-state index contributed by atoms with van der Waals surface area (Å²) in [4.78, 5) is 61.4. The van der Waals surface area contributed by atoms with Crippen molar-refractivity contribution in [2.45, 2.75) is 57.4 Å². The number of aliphatic hydroxyl groups excluding tert-OH is 1. The zero-order chi connectivity index (χ0) is 23.8. The fraction of sp³-hybridized carbons (Fsp3) is 0.522. The van der Waals surface area contributed by atoms with Crippen molar-refractivity contribution in [2.24, 2.45) is 0 Å². The second-order valence-corrected chi connectivity index (χ2v) is 8.23. The Hall–Kier alpha value is -3.27. The van der Waals surface area contributed by atoms with Gasteiger partial charge in [-0.25, -0.2) is 0 Å². The number of hydrogen-bond donors (Lipinski definition) is 4. The highest BCUT2D eigenvalue weighted by Crippen LogP contribution is 2.32. The number of piperidine rings is 1. The fourth-order valence-corrected chi connectivity index (χ4v) is 4.13. The van der Waals surface area contributed by atoms with E-state index >= 15 is 0 Å². The Labute approximate surface area is 192 Å². The van der Waals surface area contributed by atoms with Crippen molar-refractivity contribution in [2.75, 3.05) is 25.0 Å². The number of nitrogens with one attached hydrogen (secondary N) is 3. The molecule has 2 aliphatic rings. The van der Waals surface area contributed by atoms with Gasteiger partial charge < -0.3 is 15.7 Å². The van der Waals surface area contributed by atoms with Gasteiger partial charge in [0.05, 0.1) is 11.1 Å². The van der Waals surface area contributed by atoms with Crippen molar-refractivity contribution in [1.82, 2.24) is 15.5 Å². The first-order valence-corrected chi connectivity index (χ1v) is 11.4. The van der Waals surface area contributed by atoms with E-state index in [1.54, 1.807) is 18.2 Å². The van der Waals surface area contributed by atoms with Gasteiger partial charge in [-0.1, -0.05) is 31.7 Å². The number of rotatable bonds is 12. The first-order valence-electron chi connectivity index (χ1n) is 11.4. The van der Waals surface area contributed by atoms with E-state index in [0.29, 0.717) is 18.8 Å². The van der Waals surface area contributed by atoms with Gasteiger partial charge in [-0.2, -0.15) is 0 Å². The van der Waals surface area contributed by atoms with Crippen LogP contribution in [-0.4, -0.2) is 65.3 Å². The molecule has 10 nitrogen and oxygen atoms in total. The molecule has 1 atom stereocenters. The molecule has 2 aliphatic heterocycles. The lowest BCUT2D eigenvalue weighted by atomic mass is 10.0. The largest absolute Gasteiger partial charge is 0.387 e. The van der Waals surface area contributed by atoms with Gasteiger partial charge in [0.1, 0.15) is 12.6 Å². The fourth-order valence-electron chi connectivity index (χ4n) is 4.13. The smallest absolute Gasteiger partial charge is 0.264 e.